The molecule has 0 bridgehead atoms. The van der Waals surface area contributed by atoms with Crippen LogP contribution in [-0.2, 0) is 6.42 Å². The maximum atomic E-state index is 17.0. The van der Waals surface area contributed by atoms with E-state index in [9.17, 15) is 27.8 Å². The molecule has 1 unspecified atom stereocenters. The molecule has 3 aliphatic heterocycles. The molecule has 3 saturated heterocycles. The van der Waals surface area contributed by atoms with Crippen LogP contribution in [0.3, 0.4) is 0 Å². The van der Waals surface area contributed by atoms with Gasteiger partial charge in [0.25, 0.3) is 0 Å². The summed E-state index contributed by atoms with van der Waals surface area (Å²) in [6, 6.07) is 4.98. The molecule has 49 heavy (non-hydrogen) atoms. The SMILES string of the molecule is CCc1c(F)ccc2cc(O)cc(-c3nc(OC)c4c(N5CCCC(O)(C(F)(F)F)C5)nc(OC[C@@]56CCCN5C[C@H](F)C6)nc4c3F)c12. The van der Waals surface area contributed by atoms with Crippen LogP contribution in [0.25, 0.3) is 32.9 Å². The van der Waals surface area contributed by atoms with Crippen LogP contribution in [0.5, 0.6) is 17.6 Å². The predicted molar refractivity (Wildman–Crippen MR) is 169 cm³/mol. The first-order valence-corrected chi connectivity index (χ1v) is 16.2. The van der Waals surface area contributed by atoms with Gasteiger partial charge in [-0.1, -0.05) is 13.0 Å². The number of phenolic OH excluding ortho intramolecular Hbond substituents is 1. The van der Waals surface area contributed by atoms with Gasteiger partial charge in [-0.05, 0) is 73.2 Å². The van der Waals surface area contributed by atoms with Gasteiger partial charge in [-0.2, -0.15) is 23.1 Å². The number of aliphatic hydroxyl groups is 1. The summed E-state index contributed by atoms with van der Waals surface area (Å²) < 4.78 is 100. The second-order valence-electron chi connectivity index (χ2n) is 13.2. The van der Waals surface area contributed by atoms with Crippen LogP contribution in [-0.4, -0.2) is 93.4 Å². The van der Waals surface area contributed by atoms with E-state index in [1.54, 1.807) is 6.92 Å². The lowest BCUT2D eigenvalue weighted by molar-refractivity contribution is -0.261. The van der Waals surface area contributed by atoms with Crippen molar-refractivity contribution in [3.05, 3.63) is 41.5 Å². The number of methoxy groups -OCH3 is 1. The number of alkyl halides is 4. The highest BCUT2D eigenvalue weighted by molar-refractivity contribution is 6.03. The number of β-amino-alcohol motifs (C(OH)–C–C–N with tert-alkyl or cyclic N) is 1. The van der Waals surface area contributed by atoms with Crippen LogP contribution in [0.2, 0.25) is 0 Å². The highest BCUT2D eigenvalue weighted by Crippen LogP contribution is 2.45. The zero-order valence-electron chi connectivity index (χ0n) is 26.9. The van der Waals surface area contributed by atoms with E-state index in [0.717, 1.165) is 6.42 Å². The van der Waals surface area contributed by atoms with E-state index in [4.69, 9.17) is 9.47 Å². The van der Waals surface area contributed by atoms with Gasteiger partial charge in [0.1, 0.15) is 46.8 Å². The molecule has 15 heteroatoms. The number of rotatable bonds is 7. The van der Waals surface area contributed by atoms with E-state index in [1.165, 1.54) is 36.3 Å². The van der Waals surface area contributed by atoms with Crippen molar-refractivity contribution in [2.45, 2.75) is 68.9 Å². The molecule has 0 amide bonds. The van der Waals surface area contributed by atoms with Gasteiger partial charge in [-0.15, -0.1) is 0 Å². The molecule has 2 aromatic heterocycles. The van der Waals surface area contributed by atoms with E-state index < -0.39 is 53.6 Å². The van der Waals surface area contributed by atoms with E-state index in [1.807, 2.05) is 4.90 Å². The average molecular weight is 692 g/mol. The molecule has 0 aliphatic carbocycles. The molecule has 3 aliphatic rings. The molecular weight excluding hydrogens is 656 g/mol. The molecule has 2 N–H and O–H groups in total. The molecule has 0 radical (unpaired) electrons. The lowest BCUT2D eigenvalue weighted by Gasteiger charge is -2.41. The first kappa shape index (κ1) is 33.4. The van der Waals surface area contributed by atoms with Crippen LogP contribution >= 0.6 is 0 Å². The summed E-state index contributed by atoms with van der Waals surface area (Å²) >= 11 is 0. The third-order valence-corrected chi connectivity index (χ3v) is 10.2. The number of aromatic nitrogens is 3. The standard InChI is InChI=1S/C34H35F6N5O4/c1-3-21-23(36)7-6-18-12-20(46)13-22(24(18)21)27-26(37)28-25(30(41-27)48-2)29(44-10-5-9-33(47,16-44)34(38,39)40)43-31(42-28)49-17-32-8-4-11-45(32)15-19(35)14-32/h6-7,12-13,19,46-47H,3-5,8-11,14-17H2,1-2H3/t19-,32+,33?/m1/s1. The highest BCUT2D eigenvalue weighted by Gasteiger charge is 2.56. The van der Waals surface area contributed by atoms with Crippen molar-refractivity contribution in [3.63, 3.8) is 0 Å². The van der Waals surface area contributed by atoms with Gasteiger partial charge in [-0.25, -0.2) is 18.2 Å². The average Bonchev–Trinajstić information content (AvgIpc) is 3.58. The minimum atomic E-state index is -4.96. The molecule has 3 fully saturated rings. The Kier molecular flexibility index (Phi) is 8.20. The van der Waals surface area contributed by atoms with Crippen LogP contribution in [0, 0.1) is 11.6 Å². The summed E-state index contributed by atoms with van der Waals surface area (Å²) in [5.74, 6) is -2.28. The van der Waals surface area contributed by atoms with Crippen LogP contribution in [0.15, 0.2) is 24.3 Å². The first-order chi connectivity index (χ1) is 23.3. The Bertz CT molecular complexity index is 1950. The Labute approximate surface area is 277 Å². The molecule has 262 valence electrons. The van der Waals surface area contributed by atoms with E-state index in [0.29, 0.717) is 23.7 Å². The third kappa shape index (κ3) is 5.54. The lowest BCUT2D eigenvalue weighted by Crippen LogP contribution is -2.57. The number of nitrogens with zero attached hydrogens (tertiary/aromatic N) is 5. The summed E-state index contributed by atoms with van der Waals surface area (Å²) in [5.41, 5.74) is -4.19. The van der Waals surface area contributed by atoms with Crippen molar-refractivity contribution in [2.24, 2.45) is 0 Å². The van der Waals surface area contributed by atoms with Gasteiger partial charge >= 0.3 is 12.2 Å². The Balaban J connectivity index is 1.44. The molecule has 2 aromatic carbocycles. The minimum absolute atomic E-state index is 0.0219. The van der Waals surface area contributed by atoms with Crippen molar-refractivity contribution in [1.29, 1.82) is 0 Å². The van der Waals surface area contributed by atoms with Gasteiger partial charge in [0.15, 0.2) is 11.4 Å². The number of aryl methyl sites for hydroxylation is 1. The van der Waals surface area contributed by atoms with Crippen LogP contribution < -0.4 is 14.4 Å². The molecule has 0 saturated carbocycles. The number of halogens is 6. The largest absolute Gasteiger partial charge is 0.508 e. The Morgan fingerprint density at radius 1 is 1.04 bits per heavy atom. The van der Waals surface area contributed by atoms with Gasteiger partial charge in [0.2, 0.25) is 5.88 Å². The summed E-state index contributed by atoms with van der Waals surface area (Å²) in [6.07, 6.45) is -4.72. The normalized spacial score (nSPS) is 24.6. The zero-order valence-corrected chi connectivity index (χ0v) is 26.9. The number of benzene rings is 2. The number of anilines is 1. The number of hydrogen-bond donors (Lipinski definition) is 2. The topological polar surface area (TPSA) is 104 Å². The number of ether oxygens (including phenoxy) is 2. The summed E-state index contributed by atoms with van der Waals surface area (Å²) in [4.78, 5) is 16.4. The monoisotopic (exact) mass is 691 g/mol. The number of piperidine rings is 1. The predicted octanol–water partition coefficient (Wildman–Crippen LogP) is 6.25. The highest BCUT2D eigenvalue weighted by atomic mass is 19.4. The van der Waals surface area contributed by atoms with E-state index >= 15 is 8.78 Å². The Morgan fingerprint density at radius 2 is 1.82 bits per heavy atom. The Morgan fingerprint density at radius 3 is 2.55 bits per heavy atom. The Hall–Kier alpha value is -4.11. The van der Waals surface area contributed by atoms with Gasteiger partial charge in [0.05, 0.1) is 19.2 Å². The fourth-order valence-electron chi connectivity index (χ4n) is 7.85. The molecule has 7 rings (SSSR count). The number of hydrogen-bond acceptors (Lipinski definition) is 9. The number of phenols is 1. The van der Waals surface area contributed by atoms with Crippen LogP contribution in [0.1, 0.15) is 44.6 Å². The van der Waals surface area contributed by atoms with Crippen molar-refractivity contribution in [2.75, 3.05) is 44.8 Å². The van der Waals surface area contributed by atoms with Gasteiger partial charge < -0.3 is 24.6 Å². The van der Waals surface area contributed by atoms with Crippen molar-refractivity contribution in [3.8, 4) is 28.9 Å². The number of pyridine rings is 1. The number of fused-ring (bicyclic) bond motifs is 3. The van der Waals surface area contributed by atoms with Crippen LogP contribution in [0.4, 0.5) is 32.2 Å². The summed E-state index contributed by atoms with van der Waals surface area (Å²) in [5, 5.41) is 21.8. The smallest absolute Gasteiger partial charge is 0.418 e. The maximum Gasteiger partial charge on any atom is 0.418 e. The molecular formula is C34H35F6N5O4. The summed E-state index contributed by atoms with van der Waals surface area (Å²) in [7, 11) is 1.24. The van der Waals surface area contributed by atoms with E-state index in [2.05, 4.69) is 15.0 Å². The lowest BCUT2D eigenvalue weighted by atomic mass is 9.92. The zero-order chi connectivity index (χ0) is 34.9. The second kappa shape index (κ2) is 12.0. The van der Waals surface area contributed by atoms with Crippen molar-refractivity contribution in [1.82, 2.24) is 19.9 Å². The fourth-order valence-corrected chi connectivity index (χ4v) is 7.85. The van der Waals surface area contributed by atoms with E-state index in [-0.39, 0.29) is 84.6 Å². The summed E-state index contributed by atoms with van der Waals surface area (Å²) in [6.45, 7) is 1.72. The third-order valence-electron chi connectivity index (χ3n) is 10.2. The second-order valence-corrected chi connectivity index (χ2v) is 13.2. The molecule has 4 aromatic rings. The number of aromatic hydroxyl groups is 1. The maximum absolute atomic E-state index is 17.0. The quantitative estimate of drug-likeness (QED) is 0.218. The van der Waals surface area contributed by atoms with Crippen molar-refractivity contribution >= 4 is 27.5 Å². The molecule has 0 spiro atoms. The van der Waals surface area contributed by atoms with Crippen molar-refractivity contribution < 1.29 is 46.0 Å². The first-order valence-electron chi connectivity index (χ1n) is 16.2. The minimum Gasteiger partial charge on any atom is -0.508 e. The molecule has 9 nitrogen and oxygen atoms in total. The van der Waals surface area contributed by atoms with Gasteiger partial charge in [0, 0.05) is 25.1 Å². The molecule has 3 atom stereocenters. The molecule has 5 heterocycles. The fraction of sp³-hybridized carbons (Fsp3) is 0.500. The van der Waals surface area contributed by atoms with Gasteiger partial charge in [-0.3, -0.25) is 4.90 Å².